The van der Waals surface area contributed by atoms with E-state index >= 15 is 0 Å². The summed E-state index contributed by atoms with van der Waals surface area (Å²) in [6, 6.07) is 14.1. The Balaban J connectivity index is 1.71. The normalized spacial score (nSPS) is 18.6. The Kier molecular flexibility index (Phi) is 9.12. The van der Waals surface area contributed by atoms with Gasteiger partial charge in [0.1, 0.15) is 6.10 Å². The summed E-state index contributed by atoms with van der Waals surface area (Å²) in [6.07, 6.45) is 3.10. The molecule has 0 bridgehead atoms. The van der Waals surface area contributed by atoms with Crippen molar-refractivity contribution in [3.63, 3.8) is 0 Å². The van der Waals surface area contributed by atoms with Crippen molar-refractivity contribution in [3.05, 3.63) is 83.1 Å². The SMILES string of the molecule is C[C@@H]1CN([C@H](C)CO)C(=O)c2cccc(NS(=O)(=O)c3ccc(Cl)cc3)c2O[C@@H]1CN(C)Cc1ccncc1. The van der Waals surface area contributed by atoms with Crippen LogP contribution in [0.15, 0.2) is 71.9 Å². The molecule has 9 nitrogen and oxygen atoms in total. The summed E-state index contributed by atoms with van der Waals surface area (Å²) in [5.74, 6) is -0.310. The standard InChI is InChI=1S/C28H33ClN4O5S/c1-19-15-33(20(2)18-34)28(35)24-5-4-6-25(31-39(36,37)23-9-7-22(29)8-10-23)27(24)38-26(19)17-32(3)16-21-11-13-30-14-12-21/h4-14,19-20,26,31,34H,15-18H2,1-3H3/t19-,20-,26-/m1/s1. The van der Waals surface area contributed by atoms with Gasteiger partial charge in [-0.1, -0.05) is 24.6 Å². The molecule has 2 heterocycles. The number of carbonyl (C=O) groups excluding carboxylic acids is 1. The van der Waals surface area contributed by atoms with E-state index in [1.165, 1.54) is 24.3 Å². The van der Waals surface area contributed by atoms with Crippen LogP contribution in [-0.2, 0) is 16.6 Å². The monoisotopic (exact) mass is 572 g/mol. The summed E-state index contributed by atoms with van der Waals surface area (Å²) < 4.78 is 35.6. The first-order chi connectivity index (χ1) is 18.6. The minimum absolute atomic E-state index is 0.0270. The van der Waals surface area contributed by atoms with E-state index in [1.807, 2.05) is 26.1 Å². The zero-order valence-electron chi connectivity index (χ0n) is 22.1. The largest absolute Gasteiger partial charge is 0.486 e. The maximum absolute atomic E-state index is 13.7. The number of hydrogen-bond donors (Lipinski definition) is 2. The first-order valence-electron chi connectivity index (χ1n) is 12.7. The molecule has 4 rings (SSSR count). The highest BCUT2D eigenvalue weighted by molar-refractivity contribution is 7.92. The average Bonchev–Trinajstić information content (AvgIpc) is 2.91. The van der Waals surface area contributed by atoms with Crippen molar-refractivity contribution >= 4 is 33.2 Å². The lowest BCUT2D eigenvalue weighted by Crippen LogP contribution is -2.49. The Hall–Kier alpha value is -3.18. The van der Waals surface area contributed by atoms with Gasteiger partial charge in [-0.3, -0.25) is 19.4 Å². The van der Waals surface area contributed by atoms with Gasteiger partial charge >= 0.3 is 0 Å². The summed E-state index contributed by atoms with van der Waals surface area (Å²) >= 11 is 5.94. The summed E-state index contributed by atoms with van der Waals surface area (Å²) in [7, 11) is -2.02. The van der Waals surface area contributed by atoms with Gasteiger partial charge in [-0.2, -0.15) is 0 Å². The second kappa shape index (κ2) is 12.3. The molecule has 0 saturated carbocycles. The van der Waals surface area contributed by atoms with Crippen molar-refractivity contribution in [1.82, 2.24) is 14.8 Å². The second-order valence-electron chi connectivity index (χ2n) is 9.92. The van der Waals surface area contributed by atoms with Gasteiger partial charge in [0.05, 0.1) is 28.8 Å². The predicted molar refractivity (Wildman–Crippen MR) is 150 cm³/mol. The van der Waals surface area contributed by atoms with Crippen LogP contribution in [-0.4, -0.2) is 73.1 Å². The van der Waals surface area contributed by atoms with E-state index in [0.29, 0.717) is 24.7 Å². The fourth-order valence-electron chi connectivity index (χ4n) is 4.53. The molecular weight excluding hydrogens is 540 g/mol. The molecule has 39 heavy (non-hydrogen) atoms. The zero-order chi connectivity index (χ0) is 28.2. The minimum Gasteiger partial charge on any atom is -0.486 e. The Morgan fingerprint density at radius 2 is 1.87 bits per heavy atom. The van der Waals surface area contributed by atoms with E-state index in [4.69, 9.17) is 16.3 Å². The van der Waals surface area contributed by atoms with Gasteiger partial charge < -0.3 is 14.7 Å². The summed E-state index contributed by atoms with van der Waals surface area (Å²) in [6.45, 7) is 5.10. The van der Waals surface area contributed by atoms with E-state index in [1.54, 1.807) is 42.4 Å². The number of carbonyl (C=O) groups is 1. The highest BCUT2D eigenvalue weighted by Crippen LogP contribution is 2.36. The van der Waals surface area contributed by atoms with Crippen LogP contribution in [0.2, 0.25) is 5.02 Å². The second-order valence-corrected chi connectivity index (χ2v) is 12.0. The maximum Gasteiger partial charge on any atom is 0.262 e. The van der Waals surface area contributed by atoms with Crippen LogP contribution in [0.1, 0.15) is 29.8 Å². The first kappa shape index (κ1) is 28.8. The number of halogens is 1. The smallest absolute Gasteiger partial charge is 0.262 e. The highest BCUT2D eigenvalue weighted by Gasteiger charge is 2.35. The van der Waals surface area contributed by atoms with Crippen molar-refractivity contribution in [1.29, 1.82) is 0 Å². The topological polar surface area (TPSA) is 112 Å². The Bertz CT molecular complexity index is 1390. The van der Waals surface area contributed by atoms with Crippen LogP contribution in [0.4, 0.5) is 5.69 Å². The van der Waals surface area contributed by atoms with Crippen LogP contribution in [0, 0.1) is 5.92 Å². The summed E-state index contributed by atoms with van der Waals surface area (Å²) in [5.41, 5.74) is 1.47. The molecule has 0 fully saturated rings. The molecule has 0 aliphatic carbocycles. The Labute approximate surface area is 234 Å². The number of aliphatic hydroxyl groups excluding tert-OH is 1. The van der Waals surface area contributed by atoms with Gasteiger partial charge in [0.15, 0.2) is 5.75 Å². The van der Waals surface area contributed by atoms with Gasteiger partial charge in [0.25, 0.3) is 15.9 Å². The van der Waals surface area contributed by atoms with Crippen molar-refractivity contribution in [2.75, 3.05) is 31.5 Å². The lowest BCUT2D eigenvalue weighted by Gasteiger charge is -2.38. The number of aliphatic hydroxyl groups is 1. The van der Waals surface area contributed by atoms with Crippen LogP contribution >= 0.6 is 11.6 Å². The van der Waals surface area contributed by atoms with E-state index in [0.717, 1.165) is 5.56 Å². The molecule has 0 spiro atoms. The van der Waals surface area contributed by atoms with E-state index in [2.05, 4.69) is 14.6 Å². The highest BCUT2D eigenvalue weighted by atomic mass is 35.5. The third-order valence-electron chi connectivity index (χ3n) is 6.75. The minimum atomic E-state index is -4.00. The number of amides is 1. The van der Waals surface area contributed by atoms with Crippen molar-refractivity contribution in [2.24, 2.45) is 5.92 Å². The molecule has 3 aromatic rings. The molecule has 0 saturated heterocycles. The molecule has 0 unspecified atom stereocenters. The van der Waals surface area contributed by atoms with Crippen LogP contribution in [0.5, 0.6) is 5.75 Å². The first-order valence-corrected chi connectivity index (χ1v) is 14.5. The summed E-state index contributed by atoms with van der Waals surface area (Å²) in [5, 5.41) is 10.3. The zero-order valence-corrected chi connectivity index (χ0v) is 23.7. The number of sulfonamides is 1. The van der Waals surface area contributed by atoms with Gasteiger partial charge in [-0.05, 0) is 68.1 Å². The molecule has 0 radical (unpaired) electrons. The number of anilines is 1. The molecule has 208 valence electrons. The number of pyridine rings is 1. The molecule has 11 heteroatoms. The molecular formula is C28H33ClN4O5S. The third-order valence-corrected chi connectivity index (χ3v) is 8.39. The van der Waals surface area contributed by atoms with Gasteiger partial charge in [0, 0.05) is 43.0 Å². The van der Waals surface area contributed by atoms with Crippen molar-refractivity contribution in [2.45, 2.75) is 37.4 Å². The lowest BCUT2D eigenvalue weighted by atomic mass is 9.99. The number of rotatable bonds is 9. The van der Waals surface area contributed by atoms with Gasteiger partial charge in [0.2, 0.25) is 0 Å². The van der Waals surface area contributed by atoms with Gasteiger partial charge in [-0.25, -0.2) is 8.42 Å². The molecule has 1 amide bonds. The Morgan fingerprint density at radius 3 is 2.54 bits per heavy atom. The number of hydrogen-bond acceptors (Lipinski definition) is 7. The van der Waals surface area contributed by atoms with E-state index in [-0.39, 0.29) is 40.3 Å². The molecule has 2 N–H and O–H groups in total. The molecule has 2 aromatic carbocycles. The molecule has 1 aliphatic rings. The number of likely N-dealkylation sites (N-methyl/N-ethyl adjacent to an activating group) is 1. The number of para-hydroxylation sites is 1. The number of ether oxygens (including phenoxy) is 1. The van der Waals surface area contributed by atoms with E-state index < -0.39 is 22.2 Å². The number of aromatic nitrogens is 1. The van der Waals surface area contributed by atoms with Crippen LogP contribution < -0.4 is 9.46 Å². The third kappa shape index (κ3) is 6.88. The van der Waals surface area contributed by atoms with Crippen LogP contribution in [0.25, 0.3) is 0 Å². The number of nitrogens with one attached hydrogen (secondary N) is 1. The molecule has 1 aromatic heterocycles. The number of benzene rings is 2. The number of fused-ring (bicyclic) bond motifs is 1. The van der Waals surface area contributed by atoms with E-state index in [9.17, 15) is 18.3 Å². The Morgan fingerprint density at radius 1 is 1.18 bits per heavy atom. The van der Waals surface area contributed by atoms with Crippen molar-refractivity contribution in [3.8, 4) is 5.75 Å². The fourth-order valence-corrected chi connectivity index (χ4v) is 5.72. The van der Waals surface area contributed by atoms with Crippen molar-refractivity contribution < 1.29 is 23.1 Å². The maximum atomic E-state index is 13.7. The summed E-state index contributed by atoms with van der Waals surface area (Å²) in [4.78, 5) is 21.5. The molecule has 3 atom stereocenters. The molecule has 1 aliphatic heterocycles. The predicted octanol–water partition coefficient (Wildman–Crippen LogP) is 3.89. The number of nitrogens with zero attached hydrogens (tertiary/aromatic N) is 3. The average molecular weight is 573 g/mol. The quantitative estimate of drug-likeness (QED) is 0.400. The fraction of sp³-hybridized carbons (Fsp3) is 0.357. The lowest BCUT2D eigenvalue weighted by molar-refractivity contribution is 0.0344. The van der Waals surface area contributed by atoms with Gasteiger partial charge in [-0.15, -0.1) is 0 Å². The van der Waals surface area contributed by atoms with Crippen LogP contribution in [0.3, 0.4) is 0 Å².